The molecule has 0 spiro atoms. The quantitative estimate of drug-likeness (QED) is 0.414. The first-order chi connectivity index (χ1) is 13.6. The van der Waals surface area contributed by atoms with Crippen LogP contribution < -0.4 is 0 Å². The minimum Gasteiger partial charge on any atom is -0.459 e. The number of imide groups is 1. The number of carbonyl (C=O) groups excluding carboxylic acids is 4. The Labute approximate surface area is 161 Å². The van der Waals surface area contributed by atoms with Gasteiger partial charge < -0.3 is 9.47 Å². The summed E-state index contributed by atoms with van der Waals surface area (Å²) in [4.78, 5) is 50.0. The van der Waals surface area contributed by atoms with E-state index < -0.39 is 29.8 Å². The van der Waals surface area contributed by atoms with Gasteiger partial charge in [-0.2, -0.15) is 0 Å². The molecule has 144 valence electrons. The molecule has 1 aliphatic heterocycles. The van der Waals surface area contributed by atoms with Crippen LogP contribution >= 0.6 is 0 Å². The van der Waals surface area contributed by atoms with Crippen molar-refractivity contribution in [3.8, 4) is 0 Å². The van der Waals surface area contributed by atoms with Crippen molar-refractivity contribution >= 4 is 23.8 Å². The number of benzene rings is 2. The van der Waals surface area contributed by atoms with E-state index in [1.165, 1.54) is 0 Å². The molecule has 1 fully saturated rings. The van der Waals surface area contributed by atoms with Crippen LogP contribution in [0.25, 0.3) is 0 Å². The number of hydrogen-bond donors (Lipinski definition) is 0. The summed E-state index contributed by atoms with van der Waals surface area (Å²) in [7, 11) is 0. The van der Waals surface area contributed by atoms with E-state index >= 15 is 0 Å². The molecule has 1 aliphatic rings. The number of esters is 2. The molecule has 0 unspecified atom stereocenters. The van der Waals surface area contributed by atoms with Crippen LogP contribution in [0.3, 0.4) is 0 Å². The van der Waals surface area contributed by atoms with Crippen molar-refractivity contribution < 1.29 is 28.7 Å². The number of carbonyl (C=O) groups is 4. The second kappa shape index (κ2) is 8.94. The van der Waals surface area contributed by atoms with Crippen molar-refractivity contribution in [2.24, 2.45) is 0 Å². The van der Waals surface area contributed by atoms with E-state index in [4.69, 9.17) is 9.47 Å². The van der Waals surface area contributed by atoms with Crippen molar-refractivity contribution in [1.29, 1.82) is 0 Å². The Morgan fingerprint density at radius 3 is 1.54 bits per heavy atom. The second-order valence-electron chi connectivity index (χ2n) is 6.25. The summed E-state index contributed by atoms with van der Waals surface area (Å²) < 4.78 is 10.4. The van der Waals surface area contributed by atoms with Gasteiger partial charge in [0.1, 0.15) is 13.2 Å². The van der Waals surface area contributed by atoms with Gasteiger partial charge in [0.25, 0.3) is 0 Å². The Hall–Kier alpha value is -3.48. The van der Waals surface area contributed by atoms with Crippen molar-refractivity contribution in [2.45, 2.75) is 32.1 Å². The number of ether oxygens (including phenoxy) is 2. The van der Waals surface area contributed by atoms with Crippen LogP contribution in [0.1, 0.15) is 24.0 Å². The molecule has 7 heteroatoms. The fourth-order valence-corrected chi connectivity index (χ4v) is 2.80. The van der Waals surface area contributed by atoms with Gasteiger partial charge in [0, 0.05) is 12.8 Å². The highest BCUT2D eigenvalue weighted by atomic mass is 16.6. The van der Waals surface area contributed by atoms with E-state index in [-0.39, 0.29) is 26.1 Å². The predicted molar refractivity (Wildman–Crippen MR) is 97.4 cm³/mol. The van der Waals surface area contributed by atoms with E-state index in [0.717, 1.165) is 0 Å². The highest BCUT2D eigenvalue weighted by molar-refractivity contribution is 6.11. The zero-order chi connectivity index (χ0) is 19.9. The molecule has 0 aromatic heterocycles. The molecule has 0 aliphatic carbocycles. The first-order valence-corrected chi connectivity index (χ1v) is 8.82. The number of rotatable bonds is 7. The summed E-state index contributed by atoms with van der Waals surface area (Å²) in [5.41, 5.74) is 1.43. The van der Waals surface area contributed by atoms with Gasteiger partial charge >= 0.3 is 11.9 Å². The van der Waals surface area contributed by atoms with E-state index in [1.807, 2.05) is 12.1 Å². The lowest BCUT2D eigenvalue weighted by Crippen LogP contribution is -2.50. The smallest absolute Gasteiger partial charge is 0.341 e. The summed E-state index contributed by atoms with van der Waals surface area (Å²) in [6.45, 7) is -0.170. The fraction of sp³-hybridized carbons (Fsp3) is 0.238. The first-order valence-electron chi connectivity index (χ1n) is 8.82. The second-order valence-corrected chi connectivity index (χ2v) is 6.25. The number of likely N-dealkylation sites (tertiary alicyclic amines) is 1. The third-order valence-corrected chi connectivity index (χ3v) is 4.24. The van der Waals surface area contributed by atoms with Crippen molar-refractivity contribution in [2.75, 3.05) is 0 Å². The van der Waals surface area contributed by atoms with Gasteiger partial charge in [-0.15, -0.1) is 0 Å². The molecular weight excluding hydrogens is 362 g/mol. The molecule has 0 radical (unpaired) electrons. The largest absolute Gasteiger partial charge is 0.459 e. The molecule has 28 heavy (non-hydrogen) atoms. The Kier molecular flexibility index (Phi) is 6.16. The summed E-state index contributed by atoms with van der Waals surface area (Å²) in [5, 5.41) is 0. The summed E-state index contributed by atoms with van der Waals surface area (Å²) in [5.74, 6) is -3.18. The molecule has 2 aromatic rings. The average molecular weight is 381 g/mol. The maximum absolute atomic E-state index is 12.6. The van der Waals surface area contributed by atoms with Crippen LogP contribution in [0, 0.1) is 0 Å². The van der Waals surface area contributed by atoms with Crippen LogP contribution in [-0.2, 0) is 41.9 Å². The van der Waals surface area contributed by atoms with Gasteiger partial charge in [-0.05, 0) is 11.1 Å². The molecule has 0 atom stereocenters. The Morgan fingerprint density at radius 2 is 1.14 bits per heavy atom. The van der Waals surface area contributed by atoms with Gasteiger partial charge in [-0.1, -0.05) is 60.7 Å². The van der Waals surface area contributed by atoms with Crippen molar-refractivity contribution in [3.05, 3.63) is 71.8 Å². The summed E-state index contributed by atoms with van der Waals surface area (Å²) >= 11 is 0. The maximum Gasteiger partial charge on any atom is 0.341 e. The fourth-order valence-electron chi connectivity index (χ4n) is 2.80. The lowest BCUT2D eigenvalue weighted by Gasteiger charge is -2.23. The number of hydrogen-bond acceptors (Lipinski definition) is 6. The zero-order valence-corrected chi connectivity index (χ0v) is 15.1. The minimum atomic E-state index is -1.74. The molecule has 0 N–H and O–H groups in total. The molecule has 7 nitrogen and oxygen atoms in total. The van der Waals surface area contributed by atoms with Crippen molar-refractivity contribution in [1.82, 2.24) is 4.90 Å². The lowest BCUT2D eigenvalue weighted by molar-refractivity contribution is -0.171. The predicted octanol–water partition coefficient (Wildman–Crippen LogP) is 1.99. The lowest BCUT2D eigenvalue weighted by atomic mass is 10.2. The van der Waals surface area contributed by atoms with Crippen LogP contribution in [0.4, 0.5) is 0 Å². The van der Waals surface area contributed by atoms with E-state index in [1.54, 1.807) is 48.5 Å². The normalized spacial score (nSPS) is 13.7. The summed E-state index contributed by atoms with van der Waals surface area (Å²) in [6, 6.07) is 16.0. The van der Waals surface area contributed by atoms with Crippen LogP contribution in [0.2, 0.25) is 0 Å². The van der Waals surface area contributed by atoms with E-state index in [2.05, 4.69) is 0 Å². The topological polar surface area (TPSA) is 90.0 Å². The average Bonchev–Trinajstić information content (AvgIpc) is 3.05. The molecule has 2 aromatic carbocycles. The van der Waals surface area contributed by atoms with E-state index in [0.29, 0.717) is 16.0 Å². The number of amides is 2. The van der Waals surface area contributed by atoms with Gasteiger partial charge in [0.15, 0.2) is 0 Å². The highest BCUT2D eigenvalue weighted by Gasteiger charge is 2.45. The highest BCUT2D eigenvalue weighted by Crippen LogP contribution is 2.19. The third-order valence-electron chi connectivity index (χ3n) is 4.24. The Balaban J connectivity index is 1.72. The van der Waals surface area contributed by atoms with Gasteiger partial charge in [0.05, 0.1) is 0 Å². The van der Waals surface area contributed by atoms with E-state index in [9.17, 15) is 19.2 Å². The number of nitrogens with zero attached hydrogens (tertiary/aromatic N) is 1. The molecule has 1 heterocycles. The first kappa shape index (κ1) is 19.3. The standard InChI is InChI=1S/C21H19NO6/c23-17-11-12-18(24)22(17)19(20(25)27-13-15-7-3-1-4-8-15)21(26)28-14-16-9-5-2-6-10-16/h1-10,19H,11-14H2. The van der Waals surface area contributed by atoms with Crippen molar-refractivity contribution in [3.63, 3.8) is 0 Å². The SMILES string of the molecule is O=C(OCc1ccccc1)C(C(=O)OCc1ccccc1)N1C(=O)CCC1=O. The minimum absolute atomic E-state index is 0.0483. The van der Waals surface area contributed by atoms with Gasteiger partial charge in [-0.25, -0.2) is 9.59 Å². The summed E-state index contributed by atoms with van der Waals surface area (Å²) in [6.07, 6.45) is -0.0967. The zero-order valence-electron chi connectivity index (χ0n) is 15.1. The molecule has 0 bridgehead atoms. The third kappa shape index (κ3) is 4.62. The maximum atomic E-state index is 12.6. The van der Waals surface area contributed by atoms with Crippen LogP contribution in [-0.4, -0.2) is 34.7 Å². The molecule has 1 saturated heterocycles. The molecule has 0 saturated carbocycles. The van der Waals surface area contributed by atoms with Crippen LogP contribution in [0.15, 0.2) is 60.7 Å². The van der Waals surface area contributed by atoms with Gasteiger partial charge in [0.2, 0.25) is 17.9 Å². The Bertz CT molecular complexity index is 793. The van der Waals surface area contributed by atoms with Gasteiger partial charge in [-0.3, -0.25) is 14.5 Å². The van der Waals surface area contributed by atoms with Crippen LogP contribution in [0.5, 0.6) is 0 Å². The molecule has 2 amide bonds. The molecular formula is C21H19NO6. The molecule has 3 rings (SSSR count). The monoisotopic (exact) mass is 381 g/mol. The Morgan fingerprint density at radius 1 is 0.750 bits per heavy atom.